The van der Waals surface area contributed by atoms with Crippen LogP contribution in [0.5, 0.6) is 0 Å². The molecule has 2 fully saturated rings. The second kappa shape index (κ2) is 7.02. The molecule has 4 rings (SSSR count). The quantitative estimate of drug-likeness (QED) is 0.727. The first kappa shape index (κ1) is 19.2. The Kier molecular flexibility index (Phi) is 4.81. The molecule has 0 saturated carbocycles. The lowest BCUT2D eigenvalue weighted by Crippen LogP contribution is -2.51. The van der Waals surface area contributed by atoms with Crippen molar-refractivity contribution in [2.45, 2.75) is 31.9 Å². The Balaban J connectivity index is 1.63. The van der Waals surface area contributed by atoms with Crippen LogP contribution in [-0.4, -0.2) is 46.4 Å². The van der Waals surface area contributed by atoms with Crippen LogP contribution in [0.25, 0.3) is 11.1 Å². The zero-order valence-corrected chi connectivity index (χ0v) is 16.8. The summed E-state index contributed by atoms with van der Waals surface area (Å²) in [5, 5.41) is 0.300. The maximum Gasteiger partial charge on any atom is 0.264 e. The number of nitrogens with two attached hydrogens (primary N) is 2. The highest BCUT2D eigenvalue weighted by molar-refractivity contribution is 6.29. The molecule has 0 bridgehead atoms. The van der Waals surface area contributed by atoms with Gasteiger partial charge in [-0.05, 0) is 37.5 Å². The van der Waals surface area contributed by atoms with Crippen molar-refractivity contribution in [1.29, 1.82) is 0 Å². The van der Waals surface area contributed by atoms with Crippen molar-refractivity contribution in [3.8, 4) is 11.1 Å². The number of hydrogen-bond donors (Lipinski definition) is 2. The van der Waals surface area contributed by atoms with E-state index in [0.29, 0.717) is 28.8 Å². The van der Waals surface area contributed by atoms with Gasteiger partial charge in [0, 0.05) is 37.8 Å². The molecule has 0 aromatic carbocycles. The lowest BCUT2D eigenvalue weighted by molar-refractivity contribution is 0.0973. The van der Waals surface area contributed by atoms with Crippen LogP contribution in [0.1, 0.15) is 19.8 Å². The molecular weight excluding hydrogens is 380 g/mol. The fourth-order valence-electron chi connectivity index (χ4n) is 4.34. The number of piperidine rings is 1. The number of aromatic nitrogens is 3. The molecule has 0 amide bonds. The Morgan fingerprint density at radius 1 is 1.36 bits per heavy atom. The van der Waals surface area contributed by atoms with E-state index in [2.05, 4.69) is 14.9 Å². The molecule has 28 heavy (non-hydrogen) atoms. The van der Waals surface area contributed by atoms with Gasteiger partial charge in [0.2, 0.25) is 5.95 Å². The largest absolute Gasteiger partial charge is 0.383 e. The molecule has 9 heteroatoms. The molecule has 4 N–H and O–H groups in total. The Morgan fingerprint density at radius 2 is 2.07 bits per heavy atom. The lowest BCUT2D eigenvalue weighted by atomic mass is 9.73. The first-order chi connectivity index (χ1) is 13.3. The minimum atomic E-state index is -0.209. The summed E-state index contributed by atoms with van der Waals surface area (Å²) in [4.78, 5) is 23.6. The molecule has 2 saturated heterocycles. The van der Waals surface area contributed by atoms with Gasteiger partial charge in [0.15, 0.2) is 0 Å². The highest BCUT2D eigenvalue weighted by atomic mass is 35.5. The van der Waals surface area contributed by atoms with E-state index in [1.54, 1.807) is 29.9 Å². The molecule has 0 aliphatic carbocycles. The maximum atomic E-state index is 13.0. The number of nitrogen functional groups attached to an aromatic ring is 1. The zero-order valence-electron chi connectivity index (χ0n) is 16.1. The van der Waals surface area contributed by atoms with Gasteiger partial charge in [-0.1, -0.05) is 11.6 Å². The summed E-state index contributed by atoms with van der Waals surface area (Å²) >= 11 is 5.96. The number of hydrogen-bond acceptors (Lipinski definition) is 7. The van der Waals surface area contributed by atoms with Gasteiger partial charge in [-0.3, -0.25) is 9.36 Å². The topological polar surface area (TPSA) is 112 Å². The lowest BCUT2D eigenvalue weighted by Gasteiger charge is -2.41. The number of rotatable bonds is 2. The average Bonchev–Trinajstić information content (AvgIpc) is 2.94. The number of halogens is 1. The van der Waals surface area contributed by atoms with E-state index in [4.69, 9.17) is 27.8 Å². The maximum absolute atomic E-state index is 13.0. The fraction of sp³-hybridized carbons (Fsp3) is 0.526. The van der Waals surface area contributed by atoms with Gasteiger partial charge >= 0.3 is 0 Å². The Labute approximate surface area is 168 Å². The molecule has 1 spiro atoms. The number of anilines is 2. The summed E-state index contributed by atoms with van der Waals surface area (Å²) in [6.07, 6.45) is 3.42. The molecule has 4 heterocycles. The SMILES string of the molecule is C[C@@H]1OCC2(CCN(c3nc(N)c(-c4ccnc(Cl)c4)c(=O)n3C)CC2)[C@@H]1N. The van der Waals surface area contributed by atoms with Crippen molar-refractivity contribution < 1.29 is 4.74 Å². The monoisotopic (exact) mass is 404 g/mol. The van der Waals surface area contributed by atoms with Crippen LogP contribution in [0.15, 0.2) is 23.1 Å². The summed E-state index contributed by atoms with van der Waals surface area (Å²) in [5.41, 5.74) is 13.3. The van der Waals surface area contributed by atoms with Gasteiger partial charge in [-0.15, -0.1) is 0 Å². The minimum Gasteiger partial charge on any atom is -0.383 e. The molecule has 0 unspecified atom stereocenters. The summed E-state index contributed by atoms with van der Waals surface area (Å²) in [7, 11) is 1.72. The fourth-order valence-corrected chi connectivity index (χ4v) is 4.52. The van der Waals surface area contributed by atoms with Gasteiger partial charge in [0.25, 0.3) is 5.56 Å². The highest BCUT2D eigenvalue weighted by Gasteiger charge is 2.47. The summed E-state index contributed by atoms with van der Waals surface area (Å²) in [6, 6.07) is 3.35. The molecule has 2 aromatic rings. The van der Waals surface area contributed by atoms with E-state index < -0.39 is 0 Å². The van der Waals surface area contributed by atoms with E-state index in [1.165, 1.54) is 0 Å². The van der Waals surface area contributed by atoms with Gasteiger partial charge < -0.3 is 21.1 Å². The van der Waals surface area contributed by atoms with Crippen LogP contribution in [0, 0.1) is 5.41 Å². The van der Waals surface area contributed by atoms with E-state index in [0.717, 1.165) is 25.9 Å². The molecule has 2 aliphatic rings. The van der Waals surface area contributed by atoms with Crippen LogP contribution in [0.2, 0.25) is 5.15 Å². The Bertz CT molecular complexity index is 954. The summed E-state index contributed by atoms with van der Waals surface area (Å²) < 4.78 is 7.33. The van der Waals surface area contributed by atoms with Crippen LogP contribution in [-0.2, 0) is 11.8 Å². The first-order valence-electron chi connectivity index (χ1n) is 9.43. The molecule has 0 radical (unpaired) electrons. The van der Waals surface area contributed by atoms with Crippen molar-refractivity contribution in [3.05, 3.63) is 33.8 Å². The molecule has 150 valence electrons. The van der Waals surface area contributed by atoms with Crippen LogP contribution in [0.3, 0.4) is 0 Å². The van der Waals surface area contributed by atoms with Gasteiger partial charge in [0.05, 0.1) is 18.3 Å². The third kappa shape index (κ3) is 3.05. The van der Waals surface area contributed by atoms with Crippen molar-refractivity contribution in [2.75, 3.05) is 30.3 Å². The van der Waals surface area contributed by atoms with Crippen molar-refractivity contribution in [1.82, 2.24) is 14.5 Å². The van der Waals surface area contributed by atoms with Crippen LogP contribution >= 0.6 is 11.6 Å². The van der Waals surface area contributed by atoms with E-state index in [1.807, 2.05) is 6.92 Å². The third-order valence-electron chi connectivity index (χ3n) is 6.20. The minimum absolute atomic E-state index is 0.00799. The predicted molar refractivity (Wildman–Crippen MR) is 109 cm³/mol. The standard InChI is InChI=1S/C19H25ClN6O2/c1-11-15(21)19(10-28-11)4-7-26(8-5-19)18-24-16(22)14(17(27)25(18)2)12-3-6-23-13(20)9-12/h3,6,9,11,15H,4-5,7-8,10,21-22H2,1-2H3/t11-,15+/m0/s1. The third-order valence-corrected chi connectivity index (χ3v) is 6.41. The number of pyridine rings is 1. The van der Waals surface area contributed by atoms with Crippen molar-refractivity contribution in [3.63, 3.8) is 0 Å². The number of ether oxygens (including phenoxy) is 1. The van der Waals surface area contributed by atoms with E-state index in [9.17, 15) is 4.79 Å². The second-order valence-electron chi connectivity index (χ2n) is 7.79. The van der Waals surface area contributed by atoms with Gasteiger partial charge in [-0.2, -0.15) is 4.98 Å². The highest BCUT2D eigenvalue weighted by Crippen LogP contribution is 2.41. The predicted octanol–water partition coefficient (Wildman–Crippen LogP) is 1.41. The smallest absolute Gasteiger partial charge is 0.264 e. The van der Waals surface area contributed by atoms with Crippen LogP contribution < -0.4 is 21.9 Å². The second-order valence-corrected chi connectivity index (χ2v) is 8.18. The van der Waals surface area contributed by atoms with Gasteiger partial charge in [0.1, 0.15) is 11.0 Å². The normalized spacial score (nSPS) is 24.1. The average molecular weight is 405 g/mol. The van der Waals surface area contributed by atoms with E-state index in [-0.39, 0.29) is 28.9 Å². The first-order valence-corrected chi connectivity index (χ1v) is 9.81. The molecule has 2 aliphatic heterocycles. The molecule has 8 nitrogen and oxygen atoms in total. The van der Waals surface area contributed by atoms with Crippen LogP contribution in [0.4, 0.5) is 11.8 Å². The molecule has 2 atom stereocenters. The molecular formula is C19H25ClN6O2. The van der Waals surface area contributed by atoms with E-state index >= 15 is 0 Å². The number of nitrogens with zero attached hydrogens (tertiary/aromatic N) is 4. The van der Waals surface area contributed by atoms with Crippen molar-refractivity contribution in [2.24, 2.45) is 18.2 Å². The Hall–Kier alpha value is -2.16. The summed E-state index contributed by atoms with van der Waals surface area (Å²) in [5.74, 6) is 0.761. The van der Waals surface area contributed by atoms with Gasteiger partial charge in [-0.25, -0.2) is 4.98 Å². The van der Waals surface area contributed by atoms with Crippen molar-refractivity contribution >= 4 is 23.4 Å². The Morgan fingerprint density at radius 3 is 2.68 bits per heavy atom. The zero-order chi connectivity index (χ0) is 20.1. The summed E-state index contributed by atoms with van der Waals surface area (Å²) in [6.45, 7) is 4.23. The molecule has 2 aromatic heterocycles.